The van der Waals surface area contributed by atoms with Crippen LogP contribution in [0, 0.1) is 0 Å². The highest BCUT2D eigenvalue weighted by Gasteiger charge is 2.43. The fourth-order valence-corrected chi connectivity index (χ4v) is 4.14. The molecule has 0 saturated carbocycles. The van der Waals surface area contributed by atoms with Crippen LogP contribution in [-0.4, -0.2) is 40.7 Å². The third-order valence-electron chi connectivity index (χ3n) is 5.63. The lowest BCUT2D eigenvalue weighted by atomic mass is 9.86. The summed E-state index contributed by atoms with van der Waals surface area (Å²) < 4.78 is 1.86. The molecule has 0 aliphatic carbocycles. The lowest BCUT2D eigenvalue weighted by molar-refractivity contribution is -0.142. The highest BCUT2D eigenvalue weighted by Crippen LogP contribution is 2.31. The SMILES string of the molecule is CN(Cc1ccccc1-c1ccccc1)C(=O)C1(n2cccn2)CCNCC1. The van der Waals surface area contributed by atoms with Gasteiger partial charge in [0.25, 0.3) is 5.91 Å². The van der Waals surface area contributed by atoms with E-state index in [-0.39, 0.29) is 5.91 Å². The van der Waals surface area contributed by atoms with Crippen LogP contribution in [0.25, 0.3) is 11.1 Å². The van der Waals surface area contributed by atoms with Gasteiger partial charge in [0.05, 0.1) is 0 Å². The van der Waals surface area contributed by atoms with Gasteiger partial charge in [-0.05, 0) is 48.7 Å². The van der Waals surface area contributed by atoms with Crippen LogP contribution in [0.2, 0.25) is 0 Å². The van der Waals surface area contributed by atoms with Crippen molar-refractivity contribution < 1.29 is 4.79 Å². The Morgan fingerprint density at radius 1 is 1.07 bits per heavy atom. The van der Waals surface area contributed by atoms with E-state index in [4.69, 9.17) is 0 Å². The molecule has 1 N–H and O–H groups in total. The molecule has 0 radical (unpaired) electrons. The van der Waals surface area contributed by atoms with Crippen LogP contribution in [0.15, 0.2) is 73.1 Å². The predicted molar refractivity (Wildman–Crippen MR) is 111 cm³/mol. The Morgan fingerprint density at radius 2 is 1.79 bits per heavy atom. The predicted octanol–water partition coefficient (Wildman–Crippen LogP) is 3.29. The molecular weight excluding hydrogens is 348 g/mol. The minimum Gasteiger partial charge on any atom is -0.339 e. The van der Waals surface area contributed by atoms with Crippen molar-refractivity contribution in [2.24, 2.45) is 0 Å². The van der Waals surface area contributed by atoms with Crippen molar-refractivity contribution in [2.45, 2.75) is 24.9 Å². The van der Waals surface area contributed by atoms with Gasteiger partial charge in [-0.15, -0.1) is 0 Å². The van der Waals surface area contributed by atoms with E-state index < -0.39 is 5.54 Å². The molecule has 1 aliphatic heterocycles. The summed E-state index contributed by atoms with van der Waals surface area (Å²) in [5, 5.41) is 7.79. The molecule has 1 fully saturated rings. The Kier molecular flexibility index (Phi) is 5.26. The highest BCUT2D eigenvalue weighted by atomic mass is 16.2. The second-order valence-corrected chi connectivity index (χ2v) is 7.42. The van der Waals surface area contributed by atoms with Gasteiger partial charge in [0.15, 0.2) is 0 Å². The molecule has 28 heavy (non-hydrogen) atoms. The van der Waals surface area contributed by atoms with Gasteiger partial charge in [-0.3, -0.25) is 9.48 Å². The van der Waals surface area contributed by atoms with E-state index in [0.29, 0.717) is 6.54 Å². The summed E-state index contributed by atoms with van der Waals surface area (Å²) in [4.78, 5) is 15.5. The number of hydrogen-bond donors (Lipinski definition) is 1. The largest absolute Gasteiger partial charge is 0.339 e. The normalized spacial score (nSPS) is 15.9. The van der Waals surface area contributed by atoms with E-state index in [1.165, 1.54) is 11.1 Å². The van der Waals surface area contributed by atoms with Crippen molar-refractivity contribution in [1.82, 2.24) is 20.0 Å². The number of likely N-dealkylation sites (N-methyl/N-ethyl adjacent to an activating group) is 1. The summed E-state index contributed by atoms with van der Waals surface area (Å²) in [7, 11) is 1.90. The number of piperidine rings is 1. The average Bonchev–Trinajstić information content (AvgIpc) is 3.30. The first-order chi connectivity index (χ1) is 13.7. The monoisotopic (exact) mass is 374 g/mol. The highest BCUT2D eigenvalue weighted by molar-refractivity contribution is 5.84. The second-order valence-electron chi connectivity index (χ2n) is 7.42. The van der Waals surface area contributed by atoms with Crippen LogP contribution in [0.5, 0.6) is 0 Å². The molecule has 5 heteroatoms. The molecule has 0 bridgehead atoms. The van der Waals surface area contributed by atoms with Crippen molar-refractivity contribution in [3.63, 3.8) is 0 Å². The fourth-order valence-electron chi connectivity index (χ4n) is 4.14. The lowest BCUT2D eigenvalue weighted by Crippen LogP contribution is -2.54. The molecular formula is C23H26N4O. The van der Waals surface area contributed by atoms with Crippen LogP contribution >= 0.6 is 0 Å². The third kappa shape index (κ3) is 3.45. The number of carbonyl (C=O) groups excluding carboxylic acids is 1. The third-order valence-corrected chi connectivity index (χ3v) is 5.63. The van der Waals surface area contributed by atoms with Crippen LogP contribution < -0.4 is 5.32 Å². The van der Waals surface area contributed by atoms with Gasteiger partial charge in [0, 0.05) is 26.0 Å². The van der Waals surface area contributed by atoms with Crippen molar-refractivity contribution >= 4 is 5.91 Å². The zero-order valence-corrected chi connectivity index (χ0v) is 16.2. The second kappa shape index (κ2) is 7.98. The number of nitrogens with one attached hydrogen (secondary N) is 1. The summed E-state index contributed by atoms with van der Waals surface area (Å²) in [6.45, 7) is 2.21. The van der Waals surface area contributed by atoms with Gasteiger partial charge >= 0.3 is 0 Å². The van der Waals surface area contributed by atoms with Gasteiger partial charge in [-0.2, -0.15) is 5.10 Å². The fraction of sp³-hybridized carbons (Fsp3) is 0.304. The van der Waals surface area contributed by atoms with Crippen LogP contribution in [0.1, 0.15) is 18.4 Å². The Labute approximate surface area is 166 Å². The van der Waals surface area contributed by atoms with E-state index in [2.05, 4.69) is 34.7 Å². The molecule has 0 unspecified atom stereocenters. The quantitative estimate of drug-likeness (QED) is 0.746. The molecule has 2 aromatic carbocycles. The first-order valence-electron chi connectivity index (χ1n) is 9.80. The lowest BCUT2D eigenvalue weighted by Gasteiger charge is -2.39. The van der Waals surface area contributed by atoms with Crippen LogP contribution in [-0.2, 0) is 16.9 Å². The average molecular weight is 374 g/mol. The van der Waals surface area contributed by atoms with E-state index in [0.717, 1.165) is 31.5 Å². The topological polar surface area (TPSA) is 50.2 Å². The Morgan fingerprint density at radius 3 is 2.50 bits per heavy atom. The van der Waals surface area contributed by atoms with Gasteiger partial charge in [-0.1, -0.05) is 54.6 Å². The molecule has 0 atom stereocenters. The maximum absolute atomic E-state index is 13.6. The summed E-state index contributed by atoms with van der Waals surface area (Å²) in [6.07, 6.45) is 5.16. The molecule has 2 heterocycles. The molecule has 3 aromatic rings. The molecule has 5 nitrogen and oxygen atoms in total. The van der Waals surface area contributed by atoms with Gasteiger partial charge in [0.2, 0.25) is 0 Å². The van der Waals surface area contributed by atoms with Gasteiger partial charge < -0.3 is 10.2 Å². The Balaban J connectivity index is 1.62. The first kappa shape index (κ1) is 18.4. The minimum absolute atomic E-state index is 0.126. The molecule has 0 spiro atoms. The molecule has 144 valence electrons. The molecule has 4 rings (SSSR count). The molecule has 1 aliphatic rings. The van der Waals surface area contributed by atoms with Crippen molar-refractivity contribution in [1.29, 1.82) is 0 Å². The maximum Gasteiger partial charge on any atom is 0.250 e. The summed E-state index contributed by atoms with van der Waals surface area (Å²) in [5.74, 6) is 0.126. The van der Waals surface area contributed by atoms with Crippen molar-refractivity contribution in [3.05, 3.63) is 78.6 Å². The summed E-state index contributed by atoms with van der Waals surface area (Å²) in [6, 6.07) is 20.5. The molecule has 1 saturated heterocycles. The summed E-state index contributed by atoms with van der Waals surface area (Å²) in [5.41, 5.74) is 2.88. The minimum atomic E-state index is -0.606. The van der Waals surface area contributed by atoms with Crippen LogP contribution in [0.3, 0.4) is 0 Å². The number of carbonyl (C=O) groups is 1. The maximum atomic E-state index is 13.6. The van der Waals surface area contributed by atoms with Crippen molar-refractivity contribution in [2.75, 3.05) is 20.1 Å². The van der Waals surface area contributed by atoms with E-state index in [1.54, 1.807) is 6.20 Å². The van der Waals surface area contributed by atoms with E-state index in [1.807, 2.05) is 59.2 Å². The van der Waals surface area contributed by atoms with E-state index >= 15 is 0 Å². The zero-order chi connectivity index (χ0) is 19.4. The molecule has 1 aromatic heterocycles. The number of amides is 1. The number of aromatic nitrogens is 2. The van der Waals surface area contributed by atoms with Gasteiger partial charge in [0.1, 0.15) is 5.54 Å². The standard InChI is InChI=1S/C23H26N4O/c1-26(18-20-10-5-6-11-21(20)19-8-3-2-4-9-19)22(28)23(12-15-24-16-13-23)27-17-7-14-25-27/h2-11,14,17,24H,12-13,15-16,18H2,1H3. The van der Waals surface area contributed by atoms with Crippen LogP contribution in [0.4, 0.5) is 0 Å². The smallest absolute Gasteiger partial charge is 0.250 e. The number of nitrogens with zero attached hydrogens (tertiary/aromatic N) is 3. The Hall–Kier alpha value is -2.92. The first-order valence-corrected chi connectivity index (χ1v) is 9.80. The number of rotatable bonds is 5. The number of hydrogen-bond acceptors (Lipinski definition) is 3. The zero-order valence-electron chi connectivity index (χ0n) is 16.2. The Bertz CT molecular complexity index is 915. The summed E-state index contributed by atoms with van der Waals surface area (Å²) >= 11 is 0. The number of benzene rings is 2. The van der Waals surface area contributed by atoms with E-state index in [9.17, 15) is 4.79 Å². The van der Waals surface area contributed by atoms with Crippen molar-refractivity contribution in [3.8, 4) is 11.1 Å². The van der Waals surface area contributed by atoms with Gasteiger partial charge in [-0.25, -0.2) is 0 Å². The molecule has 1 amide bonds.